The highest BCUT2D eigenvalue weighted by atomic mass is 32.1. The molecule has 1 aromatic heterocycles. The maximum Gasteiger partial charge on any atom is 0.335 e. The number of carboxylic acid groups (broad SMARTS) is 2. The first-order valence-corrected chi connectivity index (χ1v) is 11.5. The lowest BCUT2D eigenvalue weighted by atomic mass is 9.98. The smallest absolute Gasteiger partial charge is 0.335 e. The van der Waals surface area contributed by atoms with E-state index in [4.69, 9.17) is 10.2 Å². The molecule has 0 amide bonds. The summed E-state index contributed by atoms with van der Waals surface area (Å²) < 4.78 is 0. The highest BCUT2D eigenvalue weighted by Gasteiger charge is 2.19. The zero-order valence-corrected chi connectivity index (χ0v) is 20.1. The molecule has 178 valence electrons. The first kappa shape index (κ1) is 25.3. The summed E-state index contributed by atoms with van der Waals surface area (Å²) >= 11 is 1.66. The number of aromatic carboxylic acids is 2. The van der Waals surface area contributed by atoms with E-state index in [1.165, 1.54) is 23.3 Å². The van der Waals surface area contributed by atoms with Crippen molar-refractivity contribution in [3.05, 3.63) is 109 Å². The summed E-state index contributed by atoms with van der Waals surface area (Å²) in [7, 11) is 0. The van der Waals surface area contributed by atoms with Crippen LogP contribution in [0.4, 0.5) is 5.69 Å². The van der Waals surface area contributed by atoms with Crippen LogP contribution >= 0.6 is 11.3 Å². The highest BCUT2D eigenvalue weighted by molar-refractivity contribution is 7.08. The summed E-state index contributed by atoms with van der Waals surface area (Å²) in [6.07, 6.45) is 0. The van der Waals surface area contributed by atoms with E-state index >= 15 is 0 Å². The van der Waals surface area contributed by atoms with Gasteiger partial charge in [-0.25, -0.2) is 9.59 Å². The van der Waals surface area contributed by atoms with Crippen LogP contribution in [0.5, 0.6) is 0 Å². The summed E-state index contributed by atoms with van der Waals surface area (Å²) in [6.45, 7) is 5.86. The van der Waals surface area contributed by atoms with Gasteiger partial charge in [-0.1, -0.05) is 30.3 Å². The van der Waals surface area contributed by atoms with Crippen molar-refractivity contribution in [3.63, 3.8) is 0 Å². The highest BCUT2D eigenvalue weighted by Crippen LogP contribution is 2.33. The van der Waals surface area contributed by atoms with Gasteiger partial charge < -0.3 is 10.2 Å². The number of aryl methyl sites for hydroxylation is 3. The maximum absolute atomic E-state index is 11.1. The van der Waals surface area contributed by atoms with Crippen LogP contribution in [0, 0.1) is 30.9 Å². The fourth-order valence-electron chi connectivity index (χ4n) is 3.65. The molecule has 0 aliphatic heterocycles. The summed E-state index contributed by atoms with van der Waals surface area (Å²) in [5.74, 6) is -2.06. The molecule has 4 rings (SSSR count). The number of rotatable bonds is 5. The number of hydrogen-bond acceptors (Lipinski definition) is 5. The monoisotopic (exact) mass is 489 g/mol. The van der Waals surface area contributed by atoms with E-state index in [9.17, 15) is 19.7 Å². The van der Waals surface area contributed by atoms with Crippen LogP contribution in [-0.2, 0) is 0 Å². The van der Waals surface area contributed by atoms with Gasteiger partial charge in [0.2, 0.25) is 0 Å². The molecule has 0 bridgehead atoms. The third kappa shape index (κ3) is 5.80. The molecular weight excluding hydrogens is 466 g/mol. The van der Waals surface area contributed by atoms with E-state index in [1.54, 1.807) is 35.6 Å². The Morgan fingerprint density at radius 3 is 1.80 bits per heavy atom. The van der Waals surface area contributed by atoms with E-state index < -0.39 is 16.9 Å². The van der Waals surface area contributed by atoms with Crippen LogP contribution in [0.15, 0.2) is 71.4 Å². The molecule has 0 aliphatic rings. The molecule has 0 saturated carbocycles. The molecule has 0 spiro atoms. The molecule has 0 unspecified atom stereocenters. The molecule has 8 heteroatoms. The number of carbonyl (C=O) groups is 2. The largest absolute Gasteiger partial charge is 0.478 e. The molecule has 35 heavy (non-hydrogen) atoms. The minimum absolute atomic E-state index is 0.0935. The van der Waals surface area contributed by atoms with Crippen molar-refractivity contribution in [3.8, 4) is 22.3 Å². The summed E-state index contributed by atoms with van der Waals surface area (Å²) in [5, 5.41) is 33.1. The molecule has 3 aromatic carbocycles. The quantitative estimate of drug-likeness (QED) is 0.230. The summed E-state index contributed by atoms with van der Waals surface area (Å²) in [5.41, 5.74) is 6.64. The Morgan fingerprint density at radius 1 is 0.714 bits per heavy atom. The number of nitrogens with zero attached hydrogens (tertiary/aromatic N) is 1. The van der Waals surface area contributed by atoms with E-state index in [2.05, 4.69) is 17.7 Å². The first-order valence-electron chi connectivity index (χ1n) is 10.5. The Hall–Kier alpha value is -4.30. The van der Waals surface area contributed by atoms with Gasteiger partial charge in [-0.15, -0.1) is 0 Å². The second-order valence-corrected chi connectivity index (χ2v) is 8.66. The fraction of sp³-hybridized carbons (Fsp3) is 0.111. The predicted octanol–water partition coefficient (Wildman–Crippen LogP) is 7.00. The number of hydrogen-bond donors (Lipinski definition) is 2. The van der Waals surface area contributed by atoms with Crippen molar-refractivity contribution in [2.24, 2.45) is 0 Å². The van der Waals surface area contributed by atoms with Crippen molar-refractivity contribution < 1.29 is 24.7 Å². The Bertz CT molecular complexity index is 1420. The van der Waals surface area contributed by atoms with E-state index in [0.29, 0.717) is 11.1 Å². The lowest BCUT2D eigenvalue weighted by Gasteiger charge is -2.07. The van der Waals surface area contributed by atoms with Crippen LogP contribution in [-0.4, -0.2) is 27.1 Å². The van der Waals surface area contributed by atoms with Gasteiger partial charge in [-0.3, -0.25) is 10.1 Å². The summed E-state index contributed by atoms with van der Waals surface area (Å²) in [4.78, 5) is 32.2. The first-order chi connectivity index (χ1) is 16.6. The normalized spacial score (nSPS) is 10.3. The average Bonchev–Trinajstić information content (AvgIpc) is 3.24. The number of benzene rings is 3. The third-order valence-electron chi connectivity index (χ3n) is 5.50. The standard InChI is InChI=1S/C14H11NO4.C13H12O2S/c1-9-4-2-3-5-11(9)12-7-6-10(14(16)17)8-13(12)15(18)19;1-8-5-10(13(14)15)3-4-11(8)12-7-16-6-9(12)2/h2-8H,1H3,(H,16,17);3-7H,1-2H3,(H,14,15). The Balaban J connectivity index is 0.000000198. The van der Waals surface area contributed by atoms with Crippen molar-refractivity contribution >= 4 is 29.0 Å². The second-order valence-electron chi connectivity index (χ2n) is 7.91. The van der Waals surface area contributed by atoms with Gasteiger partial charge >= 0.3 is 11.9 Å². The molecule has 7 nitrogen and oxygen atoms in total. The number of nitro groups is 1. The van der Waals surface area contributed by atoms with Crippen molar-refractivity contribution in [1.82, 2.24) is 0 Å². The molecular formula is C27H23NO6S. The Kier molecular flexibility index (Phi) is 7.78. The van der Waals surface area contributed by atoms with Gasteiger partial charge in [0, 0.05) is 6.07 Å². The van der Waals surface area contributed by atoms with Gasteiger partial charge in [-0.05, 0) is 89.2 Å². The fourth-order valence-corrected chi connectivity index (χ4v) is 4.50. The lowest BCUT2D eigenvalue weighted by molar-refractivity contribution is -0.384. The molecule has 0 aliphatic carbocycles. The van der Waals surface area contributed by atoms with Crippen LogP contribution in [0.1, 0.15) is 37.4 Å². The molecule has 0 saturated heterocycles. The summed E-state index contributed by atoms with van der Waals surface area (Å²) in [6, 6.07) is 16.4. The van der Waals surface area contributed by atoms with Gasteiger partial charge in [0.1, 0.15) is 0 Å². The van der Waals surface area contributed by atoms with Gasteiger partial charge in [0.25, 0.3) is 5.69 Å². The van der Waals surface area contributed by atoms with Crippen LogP contribution in [0.2, 0.25) is 0 Å². The third-order valence-corrected chi connectivity index (χ3v) is 6.36. The second kappa shape index (κ2) is 10.8. The number of nitro benzene ring substituents is 1. The number of carboxylic acids is 2. The minimum Gasteiger partial charge on any atom is -0.478 e. The average molecular weight is 490 g/mol. The predicted molar refractivity (Wildman–Crippen MR) is 136 cm³/mol. The SMILES string of the molecule is Cc1cc(C(=O)O)ccc1-c1cscc1C.Cc1ccccc1-c1ccc(C(=O)O)cc1[N+](=O)[O-]. The topological polar surface area (TPSA) is 118 Å². The molecule has 4 aromatic rings. The zero-order valence-electron chi connectivity index (χ0n) is 19.3. The lowest BCUT2D eigenvalue weighted by Crippen LogP contribution is -2.00. The van der Waals surface area contributed by atoms with E-state index in [0.717, 1.165) is 28.3 Å². The maximum atomic E-state index is 11.1. The van der Waals surface area contributed by atoms with Crippen molar-refractivity contribution in [2.45, 2.75) is 20.8 Å². The zero-order chi connectivity index (χ0) is 25.7. The molecule has 0 fully saturated rings. The molecule has 1 heterocycles. The molecule has 0 atom stereocenters. The van der Waals surface area contributed by atoms with Crippen LogP contribution in [0.3, 0.4) is 0 Å². The minimum atomic E-state index is -1.18. The number of thiophene rings is 1. The van der Waals surface area contributed by atoms with E-state index in [-0.39, 0.29) is 11.3 Å². The van der Waals surface area contributed by atoms with Crippen molar-refractivity contribution in [1.29, 1.82) is 0 Å². The van der Waals surface area contributed by atoms with E-state index in [1.807, 2.05) is 32.0 Å². The van der Waals surface area contributed by atoms with Gasteiger partial charge in [-0.2, -0.15) is 11.3 Å². The van der Waals surface area contributed by atoms with Gasteiger partial charge in [0.15, 0.2) is 0 Å². The van der Waals surface area contributed by atoms with Crippen LogP contribution < -0.4 is 0 Å². The van der Waals surface area contributed by atoms with Crippen molar-refractivity contribution in [2.75, 3.05) is 0 Å². The Morgan fingerprint density at radius 2 is 1.29 bits per heavy atom. The van der Waals surface area contributed by atoms with Gasteiger partial charge in [0.05, 0.1) is 21.6 Å². The molecule has 2 N–H and O–H groups in total. The Labute approximate surface area is 206 Å². The van der Waals surface area contributed by atoms with Crippen LogP contribution in [0.25, 0.3) is 22.3 Å². The molecule has 0 radical (unpaired) electrons.